The van der Waals surface area contributed by atoms with Crippen molar-refractivity contribution in [3.05, 3.63) is 29.6 Å². The maximum atomic E-state index is 12.0. The van der Waals surface area contributed by atoms with Gasteiger partial charge in [0.05, 0.1) is 0 Å². The molecule has 2 rings (SSSR count). The number of amides is 1. The standard InChI is InChI=1S/C13H16N2O3/c1-8-2-3-10(6-8)15-12(16)9-4-5-14-11(7-9)13(17)18/h4-5,7-8,10H,2-3,6H2,1H3,(H,15,16)(H,17,18). The van der Waals surface area contributed by atoms with Gasteiger partial charge in [0.1, 0.15) is 5.69 Å². The lowest BCUT2D eigenvalue weighted by molar-refractivity contribution is 0.0690. The molecule has 2 atom stereocenters. The second-order valence-electron chi connectivity index (χ2n) is 4.82. The topological polar surface area (TPSA) is 79.3 Å². The van der Waals surface area contributed by atoms with E-state index < -0.39 is 5.97 Å². The average molecular weight is 248 g/mol. The van der Waals surface area contributed by atoms with Crippen LogP contribution in [0.2, 0.25) is 0 Å². The normalized spacial score (nSPS) is 22.7. The van der Waals surface area contributed by atoms with E-state index in [1.807, 2.05) is 0 Å². The van der Waals surface area contributed by atoms with Crippen LogP contribution in [0, 0.1) is 5.92 Å². The van der Waals surface area contributed by atoms with Crippen LogP contribution in [0.3, 0.4) is 0 Å². The highest BCUT2D eigenvalue weighted by Gasteiger charge is 2.23. The lowest BCUT2D eigenvalue weighted by atomic mass is 10.1. The van der Waals surface area contributed by atoms with E-state index in [2.05, 4.69) is 17.2 Å². The highest BCUT2D eigenvalue weighted by molar-refractivity contribution is 5.96. The van der Waals surface area contributed by atoms with Gasteiger partial charge in [-0.1, -0.05) is 6.92 Å². The first-order valence-corrected chi connectivity index (χ1v) is 6.06. The molecule has 5 nitrogen and oxygen atoms in total. The highest BCUT2D eigenvalue weighted by Crippen LogP contribution is 2.24. The summed E-state index contributed by atoms with van der Waals surface area (Å²) in [6.45, 7) is 2.17. The monoisotopic (exact) mass is 248 g/mol. The molecule has 0 spiro atoms. The molecule has 0 radical (unpaired) electrons. The first-order valence-electron chi connectivity index (χ1n) is 6.06. The highest BCUT2D eigenvalue weighted by atomic mass is 16.4. The van der Waals surface area contributed by atoms with E-state index >= 15 is 0 Å². The van der Waals surface area contributed by atoms with Gasteiger partial charge in [-0.15, -0.1) is 0 Å². The lowest BCUT2D eigenvalue weighted by Crippen LogP contribution is -2.33. The summed E-state index contributed by atoms with van der Waals surface area (Å²) in [6, 6.07) is 3.03. The molecule has 96 valence electrons. The van der Waals surface area contributed by atoms with Crippen molar-refractivity contribution in [2.45, 2.75) is 32.2 Å². The van der Waals surface area contributed by atoms with Crippen LogP contribution >= 0.6 is 0 Å². The van der Waals surface area contributed by atoms with Gasteiger partial charge in [0, 0.05) is 17.8 Å². The van der Waals surface area contributed by atoms with Crippen molar-refractivity contribution in [3.8, 4) is 0 Å². The Morgan fingerprint density at radius 2 is 2.22 bits per heavy atom. The van der Waals surface area contributed by atoms with Crippen molar-refractivity contribution < 1.29 is 14.7 Å². The number of aromatic nitrogens is 1. The SMILES string of the molecule is CC1CCC(NC(=O)c2ccnc(C(=O)O)c2)C1. The molecule has 0 aliphatic heterocycles. The summed E-state index contributed by atoms with van der Waals surface area (Å²) in [5.74, 6) is -0.708. The number of pyridine rings is 1. The van der Waals surface area contributed by atoms with Crippen LogP contribution in [-0.2, 0) is 0 Å². The molecule has 1 saturated carbocycles. The Balaban J connectivity index is 2.04. The van der Waals surface area contributed by atoms with Gasteiger partial charge in [-0.05, 0) is 37.3 Å². The largest absolute Gasteiger partial charge is 0.477 e. The summed E-state index contributed by atoms with van der Waals surface area (Å²) >= 11 is 0. The van der Waals surface area contributed by atoms with Crippen molar-refractivity contribution in [3.63, 3.8) is 0 Å². The number of nitrogens with one attached hydrogen (secondary N) is 1. The molecule has 1 aromatic rings. The molecular formula is C13H16N2O3. The molecule has 2 N–H and O–H groups in total. The van der Waals surface area contributed by atoms with Crippen molar-refractivity contribution in [2.24, 2.45) is 5.92 Å². The van der Waals surface area contributed by atoms with Gasteiger partial charge in [-0.3, -0.25) is 4.79 Å². The molecule has 0 aromatic carbocycles. The zero-order valence-corrected chi connectivity index (χ0v) is 10.2. The maximum Gasteiger partial charge on any atom is 0.354 e. The van der Waals surface area contributed by atoms with Crippen molar-refractivity contribution >= 4 is 11.9 Å². The number of carboxylic acid groups (broad SMARTS) is 1. The third kappa shape index (κ3) is 2.85. The molecule has 5 heteroatoms. The Hall–Kier alpha value is -1.91. The summed E-state index contributed by atoms with van der Waals surface area (Å²) in [5, 5.41) is 11.7. The Morgan fingerprint density at radius 3 is 2.83 bits per heavy atom. The van der Waals surface area contributed by atoms with Crippen LogP contribution in [0.5, 0.6) is 0 Å². The summed E-state index contributed by atoms with van der Waals surface area (Å²) in [7, 11) is 0. The number of carboxylic acids is 1. The predicted octanol–water partition coefficient (Wildman–Crippen LogP) is 1.70. The first kappa shape index (κ1) is 12.5. The second kappa shape index (κ2) is 5.16. The van der Waals surface area contributed by atoms with E-state index in [0.717, 1.165) is 19.3 Å². The van der Waals surface area contributed by atoms with Crippen LogP contribution in [-0.4, -0.2) is 28.0 Å². The maximum absolute atomic E-state index is 12.0. The number of carbonyl (C=O) groups is 2. The molecule has 18 heavy (non-hydrogen) atoms. The minimum Gasteiger partial charge on any atom is -0.477 e. The molecular weight excluding hydrogens is 232 g/mol. The fourth-order valence-electron chi connectivity index (χ4n) is 2.30. The van der Waals surface area contributed by atoms with Crippen LogP contribution in [0.25, 0.3) is 0 Å². The third-order valence-electron chi connectivity index (χ3n) is 3.27. The van der Waals surface area contributed by atoms with Crippen molar-refractivity contribution in [2.75, 3.05) is 0 Å². The smallest absolute Gasteiger partial charge is 0.354 e. The van der Waals surface area contributed by atoms with Crippen molar-refractivity contribution in [1.82, 2.24) is 10.3 Å². The average Bonchev–Trinajstić information content (AvgIpc) is 2.75. The van der Waals surface area contributed by atoms with Crippen LogP contribution in [0.1, 0.15) is 47.0 Å². The number of hydrogen-bond acceptors (Lipinski definition) is 3. The summed E-state index contributed by atoms with van der Waals surface area (Å²) in [6.07, 6.45) is 4.45. The second-order valence-corrected chi connectivity index (χ2v) is 4.82. The molecule has 2 unspecified atom stereocenters. The van der Waals surface area contributed by atoms with E-state index in [1.54, 1.807) is 0 Å². The fraction of sp³-hybridized carbons (Fsp3) is 0.462. The van der Waals surface area contributed by atoms with Gasteiger partial charge >= 0.3 is 5.97 Å². The summed E-state index contributed by atoms with van der Waals surface area (Å²) in [4.78, 5) is 26.4. The molecule has 0 saturated heterocycles. The van der Waals surface area contributed by atoms with E-state index in [9.17, 15) is 9.59 Å². The van der Waals surface area contributed by atoms with Gasteiger partial charge in [-0.2, -0.15) is 0 Å². The summed E-state index contributed by atoms with van der Waals surface area (Å²) in [5.41, 5.74) is 0.240. The quantitative estimate of drug-likeness (QED) is 0.853. The van der Waals surface area contributed by atoms with E-state index in [0.29, 0.717) is 11.5 Å². The van der Waals surface area contributed by atoms with Gasteiger partial charge in [0.25, 0.3) is 5.91 Å². The van der Waals surface area contributed by atoms with E-state index in [-0.39, 0.29) is 17.6 Å². The van der Waals surface area contributed by atoms with Gasteiger partial charge < -0.3 is 10.4 Å². The van der Waals surface area contributed by atoms with Crippen LogP contribution in [0.15, 0.2) is 18.3 Å². The molecule has 1 fully saturated rings. The van der Waals surface area contributed by atoms with Crippen LogP contribution < -0.4 is 5.32 Å². The number of carbonyl (C=O) groups excluding carboxylic acids is 1. The molecule has 0 bridgehead atoms. The molecule has 1 aliphatic carbocycles. The van der Waals surface area contributed by atoms with E-state index in [1.165, 1.54) is 18.3 Å². The van der Waals surface area contributed by atoms with Crippen LogP contribution in [0.4, 0.5) is 0 Å². The molecule has 1 amide bonds. The number of aromatic carboxylic acids is 1. The zero-order chi connectivity index (χ0) is 13.1. The van der Waals surface area contributed by atoms with Gasteiger partial charge in [0.2, 0.25) is 0 Å². The number of nitrogens with zero attached hydrogens (tertiary/aromatic N) is 1. The fourth-order valence-corrected chi connectivity index (χ4v) is 2.30. The Kier molecular flexibility index (Phi) is 3.60. The van der Waals surface area contributed by atoms with Crippen molar-refractivity contribution in [1.29, 1.82) is 0 Å². The Bertz CT molecular complexity index is 473. The zero-order valence-electron chi connectivity index (χ0n) is 10.2. The number of hydrogen-bond donors (Lipinski definition) is 2. The molecule has 1 aromatic heterocycles. The third-order valence-corrected chi connectivity index (χ3v) is 3.27. The predicted molar refractivity (Wildman–Crippen MR) is 65.5 cm³/mol. The minimum absolute atomic E-state index is 0.109. The first-order chi connectivity index (χ1) is 8.56. The minimum atomic E-state index is -1.13. The molecule has 1 heterocycles. The van der Waals surface area contributed by atoms with E-state index in [4.69, 9.17) is 5.11 Å². The Morgan fingerprint density at radius 1 is 1.44 bits per heavy atom. The molecule has 1 aliphatic rings. The Labute approximate surface area is 105 Å². The number of rotatable bonds is 3. The van der Waals surface area contributed by atoms with Gasteiger partial charge in [-0.25, -0.2) is 9.78 Å². The summed E-state index contributed by atoms with van der Waals surface area (Å²) < 4.78 is 0. The lowest BCUT2D eigenvalue weighted by Gasteiger charge is -2.12. The van der Waals surface area contributed by atoms with Gasteiger partial charge in [0.15, 0.2) is 0 Å².